The van der Waals surface area contributed by atoms with Crippen LogP contribution in [0.1, 0.15) is 30.9 Å². The molecule has 0 atom stereocenters. The van der Waals surface area contributed by atoms with Crippen LogP contribution in [0.25, 0.3) is 5.57 Å². The van der Waals surface area contributed by atoms with E-state index in [0.29, 0.717) is 6.61 Å². The van der Waals surface area contributed by atoms with E-state index in [2.05, 4.69) is 6.07 Å². The summed E-state index contributed by atoms with van der Waals surface area (Å²) in [5, 5.41) is 0. The normalized spacial score (nSPS) is 16.2. The van der Waals surface area contributed by atoms with E-state index in [4.69, 9.17) is 9.47 Å². The van der Waals surface area contributed by atoms with Gasteiger partial charge in [-0.2, -0.15) is 0 Å². The lowest BCUT2D eigenvalue weighted by Crippen LogP contribution is -2.06. The van der Waals surface area contributed by atoms with Crippen molar-refractivity contribution in [2.75, 3.05) is 13.7 Å². The predicted molar refractivity (Wildman–Crippen MR) is 70.5 cm³/mol. The Morgan fingerprint density at radius 3 is 2.94 bits per heavy atom. The molecular weight excluding hydrogens is 228 g/mol. The third kappa shape index (κ3) is 2.73. The Labute approximate surface area is 107 Å². The zero-order valence-electron chi connectivity index (χ0n) is 10.9. The van der Waals surface area contributed by atoms with Crippen molar-refractivity contribution in [3.63, 3.8) is 0 Å². The number of aryl methyl sites for hydroxylation is 1. The predicted octanol–water partition coefficient (Wildman–Crippen LogP) is 2.98. The standard InChI is InChI=1S/C15H18O3/c1-3-18-15(16)9-12-6-4-5-11-7-8-13(17-2)10-14(11)12/h7-10H,3-6H2,1-2H3/b12-9-. The average Bonchev–Trinajstić information content (AvgIpc) is 2.39. The zero-order valence-corrected chi connectivity index (χ0v) is 10.9. The third-order valence-electron chi connectivity index (χ3n) is 3.13. The summed E-state index contributed by atoms with van der Waals surface area (Å²) in [5.41, 5.74) is 3.44. The number of hydrogen-bond acceptors (Lipinski definition) is 3. The van der Waals surface area contributed by atoms with E-state index in [0.717, 1.165) is 36.1 Å². The van der Waals surface area contributed by atoms with Gasteiger partial charge in [0.1, 0.15) is 5.75 Å². The molecule has 0 spiro atoms. The van der Waals surface area contributed by atoms with Crippen LogP contribution in [0, 0.1) is 0 Å². The minimum Gasteiger partial charge on any atom is -0.497 e. The molecule has 0 fully saturated rings. The molecule has 0 N–H and O–H groups in total. The second-order valence-corrected chi connectivity index (χ2v) is 4.30. The highest BCUT2D eigenvalue weighted by Crippen LogP contribution is 2.33. The van der Waals surface area contributed by atoms with Gasteiger partial charge in [0.2, 0.25) is 0 Å². The first-order chi connectivity index (χ1) is 8.74. The maximum Gasteiger partial charge on any atom is 0.331 e. The molecule has 3 nitrogen and oxygen atoms in total. The van der Waals surface area contributed by atoms with Crippen molar-refractivity contribution < 1.29 is 14.3 Å². The van der Waals surface area contributed by atoms with Crippen LogP contribution in [0.15, 0.2) is 24.3 Å². The molecule has 2 rings (SSSR count). The fourth-order valence-electron chi connectivity index (χ4n) is 2.28. The van der Waals surface area contributed by atoms with Gasteiger partial charge in [-0.05, 0) is 55.0 Å². The Balaban J connectivity index is 2.34. The van der Waals surface area contributed by atoms with Gasteiger partial charge in [-0.1, -0.05) is 6.07 Å². The Morgan fingerprint density at radius 2 is 2.22 bits per heavy atom. The van der Waals surface area contributed by atoms with Gasteiger partial charge < -0.3 is 9.47 Å². The lowest BCUT2D eigenvalue weighted by molar-refractivity contribution is -0.137. The van der Waals surface area contributed by atoms with E-state index < -0.39 is 0 Å². The molecule has 1 aliphatic rings. The lowest BCUT2D eigenvalue weighted by atomic mass is 9.87. The van der Waals surface area contributed by atoms with Crippen molar-refractivity contribution in [2.24, 2.45) is 0 Å². The second-order valence-electron chi connectivity index (χ2n) is 4.30. The van der Waals surface area contributed by atoms with E-state index in [-0.39, 0.29) is 5.97 Å². The molecule has 0 unspecified atom stereocenters. The van der Waals surface area contributed by atoms with Crippen LogP contribution < -0.4 is 4.74 Å². The molecule has 0 aromatic heterocycles. The molecule has 3 heteroatoms. The van der Waals surface area contributed by atoms with Crippen molar-refractivity contribution in [1.82, 2.24) is 0 Å². The van der Waals surface area contributed by atoms with Gasteiger partial charge in [-0.25, -0.2) is 4.79 Å². The molecular formula is C15H18O3. The monoisotopic (exact) mass is 246 g/mol. The number of esters is 1. The number of carbonyl (C=O) groups is 1. The molecule has 1 aliphatic carbocycles. The minimum absolute atomic E-state index is 0.261. The Hall–Kier alpha value is -1.77. The van der Waals surface area contributed by atoms with Crippen LogP contribution >= 0.6 is 0 Å². The van der Waals surface area contributed by atoms with Crippen LogP contribution in [-0.4, -0.2) is 19.7 Å². The number of rotatable bonds is 3. The van der Waals surface area contributed by atoms with Crippen molar-refractivity contribution in [3.05, 3.63) is 35.4 Å². The molecule has 1 aromatic rings. The largest absolute Gasteiger partial charge is 0.497 e. The SMILES string of the molecule is CCOC(=O)/C=C1/CCCc2ccc(OC)cc21. The summed E-state index contributed by atoms with van der Waals surface area (Å²) >= 11 is 0. The summed E-state index contributed by atoms with van der Waals surface area (Å²) in [4.78, 5) is 11.5. The number of methoxy groups -OCH3 is 1. The van der Waals surface area contributed by atoms with Gasteiger partial charge in [0, 0.05) is 6.08 Å². The fourth-order valence-corrected chi connectivity index (χ4v) is 2.28. The molecule has 18 heavy (non-hydrogen) atoms. The van der Waals surface area contributed by atoms with Crippen LogP contribution in [-0.2, 0) is 16.0 Å². The summed E-state index contributed by atoms with van der Waals surface area (Å²) in [6, 6.07) is 6.04. The summed E-state index contributed by atoms with van der Waals surface area (Å²) in [5.74, 6) is 0.563. The van der Waals surface area contributed by atoms with Gasteiger partial charge in [0.05, 0.1) is 13.7 Å². The number of benzene rings is 1. The van der Waals surface area contributed by atoms with E-state index in [1.54, 1.807) is 13.2 Å². The molecule has 0 saturated heterocycles. The lowest BCUT2D eigenvalue weighted by Gasteiger charge is -2.19. The maximum atomic E-state index is 11.5. The van der Waals surface area contributed by atoms with Gasteiger partial charge in [-0.3, -0.25) is 0 Å². The smallest absolute Gasteiger partial charge is 0.331 e. The Morgan fingerprint density at radius 1 is 1.39 bits per heavy atom. The number of carbonyl (C=O) groups excluding carboxylic acids is 1. The number of ether oxygens (including phenoxy) is 2. The summed E-state index contributed by atoms with van der Waals surface area (Å²) in [7, 11) is 1.65. The molecule has 1 aromatic carbocycles. The van der Waals surface area contributed by atoms with Gasteiger partial charge in [0.25, 0.3) is 0 Å². The summed E-state index contributed by atoms with van der Waals surface area (Å²) in [6.45, 7) is 2.22. The van der Waals surface area contributed by atoms with Gasteiger partial charge in [0.15, 0.2) is 0 Å². The Kier molecular flexibility index (Phi) is 4.03. The van der Waals surface area contributed by atoms with Crippen molar-refractivity contribution in [2.45, 2.75) is 26.2 Å². The molecule has 0 amide bonds. The Bertz CT molecular complexity index is 475. The molecule has 96 valence electrons. The first kappa shape index (κ1) is 12.7. The van der Waals surface area contributed by atoms with E-state index >= 15 is 0 Å². The molecule has 0 aliphatic heterocycles. The highest BCUT2D eigenvalue weighted by Gasteiger charge is 2.16. The summed E-state index contributed by atoms with van der Waals surface area (Å²) < 4.78 is 10.2. The fraction of sp³-hybridized carbons (Fsp3) is 0.400. The number of allylic oxidation sites excluding steroid dienone is 1. The van der Waals surface area contributed by atoms with E-state index in [9.17, 15) is 4.79 Å². The highest BCUT2D eigenvalue weighted by molar-refractivity contribution is 5.92. The van der Waals surface area contributed by atoms with Crippen LogP contribution in [0.2, 0.25) is 0 Å². The zero-order chi connectivity index (χ0) is 13.0. The summed E-state index contributed by atoms with van der Waals surface area (Å²) in [6.07, 6.45) is 4.66. The first-order valence-electron chi connectivity index (χ1n) is 6.29. The first-order valence-corrected chi connectivity index (χ1v) is 6.29. The average molecular weight is 246 g/mol. The van der Waals surface area contributed by atoms with Crippen molar-refractivity contribution >= 4 is 11.5 Å². The van der Waals surface area contributed by atoms with Crippen LogP contribution in [0.3, 0.4) is 0 Å². The number of fused-ring (bicyclic) bond motifs is 1. The topological polar surface area (TPSA) is 35.5 Å². The van der Waals surface area contributed by atoms with Gasteiger partial charge >= 0.3 is 5.97 Å². The highest BCUT2D eigenvalue weighted by atomic mass is 16.5. The van der Waals surface area contributed by atoms with Crippen molar-refractivity contribution in [1.29, 1.82) is 0 Å². The minimum atomic E-state index is -0.261. The van der Waals surface area contributed by atoms with Crippen LogP contribution in [0.4, 0.5) is 0 Å². The van der Waals surface area contributed by atoms with Crippen LogP contribution in [0.5, 0.6) is 5.75 Å². The third-order valence-corrected chi connectivity index (χ3v) is 3.13. The number of hydrogen-bond donors (Lipinski definition) is 0. The molecule has 0 radical (unpaired) electrons. The van der Waals surface area contributed by atoms with Crippen molar-refractivity contribution in [3.8, 4) is 5.75 Å². The van der Waals surface area contributed by atoms with Gasteiger partial charge in [-0.15, -0.1) is 0 Å². The molecule has 0 heterocycles. The molecule has 0 bridgehead atoms. The van der Waals surface area contributed by atoms with E-state index in [1.165, 1.54) is 5.56 Å². The maximum absolute atomic E-state index is 11.5. The second kappa shape index (κ2) is 5.71. The van der Waals surface area contributed by atoms with E-state index in [1.807, 2.05) is 19.1 Å². The quantitative estimate of drug-likeness (QED) is 0.607. The molecule has 0 saturated carbocycles.